The highest BCUT2D eigenvalue weighted by Crippen LogP contribution is 2.59. The molecule has 0 radical (unpaired) electrons. The van der Waals surface area contributed by atoms with E-state index in [1.54, 1.807) is 91.0 Å². The van der Waals surface area contributed by atoms with Crippen LogP contribution in [0.1, 0.15) is 0 Å². The fourth-order valence-electron chi connectivity index (χ4n) is 2.68. The summed E-state index contributed by atoms with van der Waals surface area (Å²) in [4.78, 5) is 0. The summed E-state index contributed by atoms with van der Waals surface area (Å²) in [6.07, 6.45) is 0. The van der Waals surface area contributed by atoms with Gasteiger partial charge in [0, 0.05) is 0 Å². The summed E-state index contributed by atoms with van der Waals surface area (Å²) in [5.74, 6) is 0. The standard InChI is InChI=1S/C19H15F3O3PS/c20-19(21,22)27(23,24)25-26(16-10-4-1-5-11-16,17-12-6-2-7-13-17)18-14-8-3-9-15-18/h1-15H/q+1. The molecule has 3 rings (SSSR count). The van der Waals surface area contributed by atoms with Crippen LogP contribution >= 0.6 is 7.49 Å². The van der Waals surface area contributed by atoms with Crippen LogP contribution in [-0.4, -0.2) is 13.9 Å². The zero-order valence-electron chi connectivity index (χ0n) is 13.9. The normalized spacial score (nSPS) is 12.7. The lowest BCUT2D eigenvalue weighted by Gasteiger charge is -2.25. The first-order valence-electron chi connectivity index (χ1n) is 7.86. The highest BCUT2D eigenvalue weighted by molar-refractivity contribution is 8.02. The second-order valence-corrected chi connectivity index (χ2v) is 10.3. The van der Waals surface area contributed by atoms with E-state index >= 15 is 0 Å². The van der Waals surface area contributed by atoms with E-state index in [0.717, 1.165) is 0 Å². The van der Waals surface area contributed by atoms with Crippen molar-refractivity contribution in [2.45, 2.75) is 5.51 Å². The Balaban J connectivity index is 2.37. The van der Waals surface area contributed by atoms with Crippen LogP contribution in [0, 0.1) is 0 Å². The average Bonchev–Trinajstić information content (AvgIpc) is 2.67. The highest BCUT2D eigenvalue weighted by Gasteiger charge is 2.60. The van der Waals surface area contributed by atoms with Crippen LogP contribution < -0.4 is 15.9 Å². The third-order valence-electron chi connectivity index (χ3n) is 3.85. The Morgan fingerprint density at radius 1 is 0.630 bits per heavy atom. The minimum atomic E-state index is -5.85. The Labute approximate surface area is 156 Å². The summed E-state index contributed by atoms with van der Waals surface area (Å²) >= 11 is 0. The number of benzene rings is 3. The molecule has 0 heterocycles. The number of halogens is 3. The van der Waals surface area contributed by atoms with Gasteiger partial charge in [0.05, 0.1) is 0 Å². The van der Waals surface area contributed by atoms with Crippen LogP contribution in [-0.2, 0) is 14.1 Å². The topological polar surface area (TPSA) is 43.4 Å². The first-order chi connectivity index (χ1) is 12.8. The summed E-state index contributed by atoms with van der Waals surface area (Å²) < 4.78 is 68.9. The van der Waals surface area contributed by atoms with Gasteiger partial charge < -0.3 is 0 Å². The molecule has 0 saturated carbocycles. The largest absolute Gasteiger partial charge is 0.526 e. The molecular formula is C19H15F3O3PS+. The third-order valence-corrected chi connectivity index (χ3v) is 9.18. The van der Waals surface area contributed by atoms with Crippen molar-refractivity contribution in [3.05, 3.63) is 91.0 Å². The van der Waals surface area contributed by atoms with Gasteiger partial charge in [0.15, 0.2) is 0 Å². The van der Waals surface area contributed by atoms with Crippen molar-refractivity contribution in [1.82, 2.24) is 0 Å². The predicted molar refractivity (Wildman–Crippen MR) is 101 cm³/mol. The Morgan fingerprint density at radius 2 is 0.926 bits per heavy atom. The van der Waals surface area contributed by atoms with Crippen molar-refractivity contribution in [2.24, 2.45) is 0 Å². The van der Waals surface area contributed by atoms with Crippen LogP contribution in [0.4, 0.5) is 13.2 Å². The molecule has 3 aromatic rings. The van der Waals surface area contributed by atoms with E-state index in [2.05, 4.69) is 0 Å². The minimum absolute atomic E-state index is 0.371. The van der Waals surface area contributed by atoms with E-state index in [4.69, 9.17) is 3.97 Å². The third kappa shape index (κ3) is 3.76. The number of hydrogen-bond acceptors (Lipinski definition) is 3. The van der Waals surface area contributed by atoms with E-state index < -0.39 is 23.1 Å². The van der Waals surface area contributed by atoms with Crippen molar-refractivity contribution in [2.75, 3.05) is 0 Å². The lowest BCUT2D eigenvalue weighted by molar-refractivity contribution is -0.0496. The maximum Gasteiger partial charge on any atom is 0.526 e. The number of rotatable bonds is 5. The van der Waals surface area contributed by atoms with E-state index in [0.29, 0.717) is 15.9 Å². The van der Waals surface area contributed by atoms with Gasteiger partial charge in [-0.2, -0.15) is 21.6 Å². The van der Waals surface area contributed by atoms with Gasteiger partial charge in [0.25, 0.3) is 7.49 Å². The first kappa shape index (κ1) is 19.5. The van der Waals surface area contributed by atoms with Gasteiger partial charge in [-0.05, 0) is 36.4 Å². The van der Waals surface area contributed by atoms with Crippen molar-refractivity contribution >= 4 is 33.5 Å². The lowest BCUT2D eigenvalue weighted by Crippen LogP contribution is -2.37. The highest BCUT2D eigenvalue weighted by atomic mass is 32.2. The van der Waals surface area contributed by atoms with Crippen LogP contribution in [0.15, 0.2) is 91.0 Å². The van der Waals surface area contributed by atoms with Crippen molar-refractivity contribution in [3.8, 4) is 0 Å². The molecule has 0 bridgehead atoms. The monoisotopic (exact) mass is 411 g/mol. The molecule has 0 N–H and O–H groups in total. The Hall–Kier alpha value is -2.21. The molecule has 0 unspecified atom stereocenters. The van der Waals surface area contributed by atoms with Crippen LogP contribution in [0.5, 0.6) is 0 Å². The molecule has 0 aromatic heterocycles. The Bertz CT molecular complexity index is 896. The zero-order chi connectivity index (χ0) is 19.5. The lowest BCUT2D eigenvalue weighted by atomic mass is 10.4. The maximum absolute atomic E-state index is 13.2. The molecule has 3 aromatic carbocycles. The van der Waals surface area contributed by atoms with E-state index in [1.807, 2.05) is 0 Å². The summed E-state index contributed by atoms with van der Waals surface area (Å²) in [6.45, 7) is 0. The van der Waals surface area contributed by atoms with Gasteiger partial charge in [0.2, 0.25) is 0 Å². The van der Waals surface area contributed by atoms with Crippen LogP contribution in [0.3, 0.4) is 0 Å². The van der Waals surface area contributed by atoms with E-state index in [-0.39, 0.29) is 0 Å². The Morgan fingerprint density at radius 3 is 1.19 bits per heavy atom. The summed E-state index contributed by atoms with van der Waals surface area (Å²) in [7, 11) is -9.43. The fraction of sp³-hybridized carbons (Fsp3) is 0.0526. The SMILES string of the molecule is O=S(=O)(O[P+](c1ccccc1)(c1ccccc1)c1ccccc1)C(F)(F)F. The molecule has 0 aliphatic heterocycles. The van der Waals surface area contributed by atoms with Gasteiger partial charge in [-0.3, -0.25) is 0 Å². The molecule has 0 aliphatic carbocycles. The molecule has 0 fully saturated rings. The summed E-state index contributed by atoms with van der Waals surface area (Å²) in [5.41, 5.74) is -5.53. The molecular weight excluding hydrogens is 396 g/mol. The quantitative estimate of drug-likeness (QED) is 0.474. The molecule has 0 atom stereocenters. The molecule has 0 spiro atoms. The molecule has 27 heavy (non-hydrogen) atoms. The predicted octanol–water partition coefficient (Wildman–Crippen LogP) is 3.76. The second kappa shape index (κ2) is 7.43. The Kier molecular flexibility index (Phi) is 5.38. The van der Waals surface area contributed by atoms with Gasteiger partial charge in [0.1, 0.15) is 15.9 Å². The van der Waals surface area contributed by atoms with E-state index in [1.165, 1.54) is 0 Å². The molecule has 140 valence electrons. The maximum atomic E-state index is 13.2. The number of alkyl halides is 3. The fourth-order valence-corrected chi connectivity index (χ4v) is 7.90. The minimum Gasteiger partial charge on any atom is -0.186 e. The number of hydrogen-bond donors (Lipinski definition) is 0. The first-order valence-corrected chi connectivity index (χ1v) is 11.0. The summed E-state index contributed by atoms with van der Waals surface area (Å²) in [5, 5.41) is 1.11. The van der Waals surface area contributed by atoms with Gasteiger partial charge in [-0.1, -0.05) is 58.6 Å². The molecule has 0 saturated heterocycles. The van der Waals surface area contributed by atoms with Crippen LogP contribution in [0.25, 0.3) is 0 Å². The second-order valence-electron chi connectivity index (χ2n) is 5.59. The molecule has 0 amide bonds. The smallest absolute Gasteiger partial charge is 0.186 e. The van der Waals surface area contributed by atoms with E-state index in [9.17, 15) is 21.6 Å². The van der Waals surface area contributed by atoms with Crippen LogP contribution in [0.2, 0.25) is 0 Å². The van der Waals surface area contributed by atoms with Gasteiger partial charge in [-0.15, -0.1) is 0 Å². The molecule has 0 aliphatic rings. The molecule has 8 heteroatoms. The zero-order valence-corrected chi connectivity index (χ0v) is 15.6. The van der Waals surface area contributed by atoms with Gasteiger partial charge >= 0.3 is 15.6 Å². The molecule has 3 nitrogen and oxygen atoms in total. The van der Waals surface area contributed by atoms with Crippen molar-refractivity contribution < 1.29 is 25.6 Å². The summed E-state index contributed by atoms with van der Waals surface area (Å²) in [6, 6.07) is 24.4. The van der Waals surface area contributed by atoms with Crippen molar-refractivity contribution in [1.29, 1.82) is 0 Å². The van der Waals surface area contributed by atoms with Crippen molar-refractivity contribution in [3.63, 3.8) is 0 Å². The van der Waals surface area contributed by atoms with Gasteiger partial charge in [-0.25, -0.2) is 0 Å². The average molecular weight is 411 g/mol.